The lowest BCUT2D eigenvalue weighted by Crippen LogP contribution is -2.51. The van der Waals surface area contributed by atoms with Crippen LogP contribution < -0.4 is 9.64 Å². The third-order valence-corrected chi connectivity index (χ3v) is 5.91. The van der Waals surface area contributed by atoms with E-state index in [0.29, 0.717) is 0 Å². The number of benzene rings is 1. The van der Waals surface area contributed by atoms with E-state index in [4.69, 9.17) is 4.74 Å². The molecule has 3 nitrogen and oxygen atoms in total. The molecule has 3 heteroatoms. The summed E-state index contributed by atoms with van der Waals surface area (Å²) in [5, 5.41) is 0. The minimum Gasteiger partial charge on any atom is -0.489 e. The lowest BCUT2D eigenvalue weighted by Gasteiger charge is -2.43. The number of rotatable bonds is 6. The maximum Gasteiger partial charge on any atom is 0.142 e. The van der Waals surface area contributed by atoms with Crippen LogP contribution in [0.5, 0.6) is 5.75 Å². The van der Waals surface area contributed by atoms with Gasteiger partial charge < -0.3 is 9.64 Å². The lowest BCUT2D eigenvalue weighted by molar-refractivity contribution is 0.126. The molecule has 1 aromatic carbocycles. The monoisotopic (exact) mass is 344 g/mol. The van der Waals surface area contributed by atoms with Crippen molar-refractivity contribution in [3.8, 4) is 5.75 Å². The summed E-state index contributed by atoms with van der Waals surface area (Å²) in [5.74, 6) is 2.04. The van der Waals surface area contributed by atoms with E-state index in [1.54, 1.807) is 0 Å². The molecule has 1 saturated heterocycles. The van der Waals surface area contributed by atoms with Crippen molar-refractivity contribution in [3.63, 3.8) is 0 Å². The van der Waals surface area contributed by atoms with Crippen molar-refractivity contribution in [1.29, 1.82) is 0 Å². The van der Waals surface area contributed by atoms with Crippen LogP contribution in [0.3, 0.4) is 0 Å². The fraction of sp³-hybridized carbons (Fsp3) is 0.727. The Hall–Kier alpha value is -1.22. The first-order chi connectivity index (χ1) is 12.2. The predicted molar refractivity (Wildman–Crippen MR) is 107 cm³/mol. The summed E-state index contributed by atoms with van der Waals surface area (Å²) in [6.45, 7) is 11.2. The second-order valence-electron chi connectivity index (χ2n) is 8.12. The van der Waals surface area contributed by atoms with Crippen molar-refractivity contribution >= 4 is 5.69 Å². The van der Waals surface area contributed by atoms with Crippen LogP contribution in [0.2, 0.25) is 0 Å². The molecular weight excluding hydrogens is 308 g/mol. The van der Waals surface area contributed by atoms with Crippen molar-refractivity contribution in [2.75, 3.05) is 31.1 Å². The van der Waals surface area contributed by atoms with Gasteiger partial charge in [0, 0.05) is 32.2 Å². The predicted octanol–water partition coefficient (Wildman–Crippen LogP) is 4.95. The number of ether oxygens (including phenoxy) is 1. The SMILES string of the molecule is CCCC1CCC(N2CCN(c3ccccc3OC(C)C)CC2)CC1. The van der Waals surface area contributed by atoms with Crippen molar-refractivity contribution in [1.82, 2.24) is 4.90 Å². The highest BCUT2D eigenvalue weighted by Crippen LogP contribution is 2.33. The molecule has 2 fully saturated rings. The maximum atomic E-state index is 6.02. The van der Waals surface area contributed by atoms with Crippen molar-refractivity contribution in [3.05, 3.63) is 24.3 Å². The average Bonchev–Trinajstić information content (AvgIpc) is 2.63. The van der Waals surface area contributed by atoms with Crippen LogP contribution in [0.15, 0.2) is 24.3 Å². The highest BCUT2D eigenvalue weighted by Gasteiger charge is 2.28. The summed E-state index contributed by atoms with van der Waals surface area (Å²) < 4.78 is 6.02. The summed E-state index contributed by atoms with van der Waals surface area (Å²) >= 11 is 0. The third kappa shape index (κ3) is 4.91. The van der Waals surface area contributed by atoms with Crippen LogP contribution >= 0.6 is 0 Å². The van der Waals surface area contributed by atoms with Gasteiger partial charge >= 0.3 is 0 Å². The van der Waals surface area contributed by atoms with E-state index < -0.39 is 0 Å². The highest BCUT2D eigenvalue weighted by molar-refractivity contribution is 5.58. The molecule has 3 rings (SSSR count). The second kappa shape index (κ2) is 8.93. The van der Waals surface area contributed by atoms with Crippen LogP contribution in [0.1, 0.15) is 59.3 Å². The van der Waals surface area contributed by atoms with E-state index in [0.717, 1.165) is 30.8 Å². The first-order valence-corrected chi connectivity index (χ1v) is 10.4. The van der Waals surface area contributed by atoms with Gasteiger partial charge in [-0.3, -0.25) is 4.90 Å². The van der Waals surface area contributed by atoms with Gasteiger partial charge in [0.05, 0.1) is 11.8 Å². The second-order valence-corrected chi connectivity index (χ2v) is 8.12. The zero-order valence-electron chi connectivity index (χ0n) is 16.4. The van der Waals surface area contributed by atoms with Gasteiger partial charge in [-0.05, 0) is 57.6 Å². The zero-order valence-corrected chi connectivity index (χ0v) is 16.4. The normalized spacial score (nSPS) is 25.4. The molecule has 1 heterocycles. The highest BCUT2D eigenvalue weighted by atomic mass is 16.5. The maximum absolute atomic E-state index is 6.02. The Labute approximate surface area is 154 Å². The van der Waals surface area contributed by atoms with E-state index in [-0.39, 0.29) is 6.10 Å². The number of piperazine rings is 1. The topological polar surface area (TPSA) is 15.7 Å². The number of hydrogen-bond donors (Lipinski definition) is 0. The van der Waals surface area contributed by atoms with Gasteiger partial charge in [0.2, 0.25) is 0 Å². The number of nitrogens with zero attached hydrogens (tertiary/aromatic N) is 2. The van der Waals surface area contributed by atoms with Gasteiger partial charge in [0.25, 0.3) is 0 Å². The van der Waals surface area contributed by atoms with Crippen LogP contribution in [0.25, 0.3) is 0 Å². The largest absolute Gasteiger partial charge is 0.489 e. The molecule has 0 N–H and O–H groups in total. The Bertz CT molecular complexity index is 515. The van der Waals surface area contributed by atoms with Gasteiger partial charge in [-0.2, -0.15) is 0 Å². The number of hydrogen-bond acceptors (Lipinski definition) is 3. The molecular formula is C22H36N2O. The van der Waals surface area contributed by atoms with Crippen LogP contribution in [-0.4, -0.2) is 43.2 Å². The molecule has 0 atom stereocenters. The number of para-hydroxylation sites is 2. The first kappa shape index (κ1) is 18.6. The third-order valence-electron chi connectivity index (χ3n) is 5.91. The van der Waals surface area contributed by atoms with Crippen LogP contribution in [-0.2, 0) is 0 Å². The molecule has 1 saturated carbocycles. The summed E-state index contributed by atoms with van der Waals surface area (Å²) in [5.41, 5.74) is 1.27. The van der Waals surface area contributed by atoms with Crippen LogP contribution in [0, 0.1) is 5.92 Å². The molecule has 0 unspecified atom stereocenters. The molecule has 25 heavy (non-hydrogen) atoms. The molecule has 0 amide bonds. The lowest BCUT2D eigenvalue weighted by atomic mass is 9.83. The van der Waals surface area contributed by atoms with E-state index in [9.17, 15) is 0 Å². The van der Waals surface area contributed by atoms with E-state index >= 15 is 0 Å². The van der Waals surface area contributed by atoms with Crippen molar-refractivity contribution < 1.29 is 4.74 Å². The Morgan fingerprint density at radius 2 is 1.68 bits per heavy atom. The van der Waals surface area contributed by atoms with Gasteiger partial charge in [-0.15, -0.1) is 0 Å². The van der Waals surface area contributed by atoms with E-state index in [1.807, 2.05) is 0 Å². The van der Waals surface area contributed by atoms with Crippen molar-refractivity contribution in [2.45, 2.75) is 71.4 Å². The molecule has 0 spiro atoms. The Kier molecular flexibility index (Phi) is 6.63. The summed E-state index contributed by atoms with van der Waals surface area (Å²) in [6, 6.07) is 9.35. The summed E-state index contributed by atoms with van der Waals surface area (Å²) in [6.07, 6.45) is 8.74. The fourth-order valence-corrected chi connectivity index (χ4v) is 4.61. The standard InChI is InChI=1S/C22H36N2O/c1-4-7-19-10-12-20(13-11-19)23-14-16-24(17-15-23)21-8-5-6-9-22(21)25-18(2)3/h5-6,8-9,18-20H,4,7,10-17H2,1-3H3. The van der Waals surface area contributed by atoms with Crippen molar-refractivity contribution in [2.24, 2.45) is 5.92 Å². The van der Waals surface area contributed by atoms with Gasteiger partial charge in [0.15, 0.2) is 0 Å². The zero-order chi connectivity index (χ0) is 17.6. The van der Waals surface area contributed by atoms with Gasteiger partial charge in [0.1, 0.15) is 5.75 Å². The number of anilines is 1. The molecule has 0 radical (unpaired) electrons. The fourth-order valence-electron chi connectivity index (χ4n) is 4.61. The Morgan fingerprint density at radius 3 is 2.32 bits per heavy atom. The molecule has 140 valence electrons. The quantitative estimate of drug-likeness (QED) is 0.726. The average molecular weight is 345 g/mol. The smallest absolute Gasteiger partial charge is 0.142 e. The van der Waals surface area contributed by atoms with Gasteiger partial charge in [-0.1, -0.05) is 31.9 Å². The Morgan fingerprint density at radius 1 is 1.00 bits per heavy atom. The summed E-state index contributed by atoms with van der Waals surface area (Å²) in [7, 11) is 0. The molecule has 0 aromatic heterocycles. The molecule has 0 bridgehead atoms. The van der Waals surface area contributed by atoms with Gasteiger partial charge in [-0.25, -0.2) is 0 Å². The molecule has 1 aliphatic heterocycles. The minimum absolute atomic E-state index is 0.223. The van der Waals surface area contributed by atoms with Crippen LogP contribution in [0.4, 0.5) is 5.69 Å². The molecule has 2 aliphatic rings. The molecule has 1 aliphatic carbocycles. The molecule has 1 aromatic rings. The summed E-state index contributed by atoms with van der Waals surface area (Å²) in [4.78, 5) is 5.27. The first-order valence-electron chi connectivity index (χ1n) is 10.4. The van der Waals surface area contributed by atoms with E-state index in [2.05, 4.69) is 54.8 Å². The Balaban J connectivity index is 1.53. The minimum atomic E-state index is 0.223. The van der Waals surface area contributed by atoms with E-state index in [1.165, 1.54) is 57.3 Å².